The molecule has 0 saturated carbocycles. The van der Waals surface area contributed by atoms with Gasteiger partial charge in [-0.1, -0.05) is 37.3 Å². The van der Waals surface area contributed by atoms with E-state index in [2.05, 4.69) is 5.32 Å². The number of nitrogens with zero attached hydrogens (tertiary/aromatic N) is 1. The quantitative estimate of drug-likeness (QED) is 0.701. The number of amides is 1. The van der Waals surface area contributed by atoms with Crippen LogP contribution in [0.1, 0.15) is 12.5 Å². The molecule has 0 aliphatic carbocycles. The SMILES string of the molecule is CCc1ccc2c(c1)-c1ccccc1S(=O)(=O)N2CC(=O)Nc1cccc(F)c1. The smallest absolute Gasteiger partial charge is 0.265 e. The van der Waals surface area contributed by atoms with Crippen molar-refractivity contribution in [2.75, 3.05) is 16.2 Å². The topological polar surface area (TPSA) is 66.5 Å². The molecule has 0 fully saturated rings. The molecule has 0 spiro atoms. The predicted molar refractivity (Wildman–Crippen MR) is 111 cm³/mol. The summed E-state index contributed by atoms with van der Waals surface area (Å²) in [5.41, 5.74) is 3.19. The van der Waals surface area contributed by atoms with Gasteiger partial charge in [0.1, 0.15) is 12.4 Å². The normalized spacial score (nSPS) is 14.1. The molecular weight excluding hydrogens is 391 g/mol. The fraction of sp³-hybridized carbons (Fsp3) is 0.136. The van der Waals surface area contributed by atoms with E-state index in [1.165, 1.54) is 18.2 Å². The Morgan fingerprint density at radius 2 is 1.79 bits per heavy atom. The Kier molecular flexibility index (Phi) is 4.84. The van der Waals surface area contributed by atoms with Crippen molar-refractivity contribution in [3.8, 4) is 11.1 Å². The van der Waals surface area contributed by atoms with E-state index in [1.54, 1.807) is 36.4 Å². The summed E-state index contributed by atoms with van der Waals surface area (Å²) in [6.45, 7) is 1.61. The van der Waals surface area contributed by atoms with Gasteiger partial charge >= 0.3 is 0 Å². The number of fused-ring (bicyclic) bond motifs is 3. The maximum atomic E-state index is 13.4. The summed E-state index contributed by atoms with van der Waals surface area (Å²) < 4.78 is 41.0. The number of hydrogen-bond donors (Lipinski definition) is 1. The first-order valence-corrected chi connectivity index (χ1v) is 10.6. The largest absolute Gasteiger partial charge is 0.324 e. The summed E-state index contributed by atoms with van der Waals surface area (Å²) in [4.78, 5) is 12.8. The van der Waals surface area contributed by atoms with Crippen molar-refractivity contribution in [2.24, 2.45) is 0 Å². The number of sulfonamides is 1. The lowest BCUT2D eigenvalue weighted by Crippen LogP contribution is -2.40. The van der Waals surface area contributed by atoms with Gasteiger partial charge in [-0.15, -0.1) is 0 Å². The Morgan fingerprint density at radius 1 is 1.00 bits per heavy atom. The van der Waals surface area contributed by atoms with Gasteiger partial charge in [0.2, 0.25) is 5.91 Å². The van der Waals surface area contributed by atoms with Gasteiger partial charge in [-0.2, -0.15) is 0 Å². The molecule has 4 rings (SSSR count). The maximum absolute atomic E-state index is 13.4. The Bertz CT molecular complexity index is 1210. The van der Waals surface area contributed by atoms with Gasteiger partial charge in [0.25, 0.3) is 10.0 Å². The van der Waals surface area contributed by atoms with Crippen molar-refractivity contribution in [1.82, 2.24) is 0 Å². The van der Waals surface area contributed by atoms with Crippen LogP contribution in [0.5, 0.6) is 0 Å². The number of anilines is 2. The molecule has 0 unspecified atom stereocenters. The van der Waals surface area contributed by atoms with E-state index in [0.29, 0.717) is 11.3 Å². The molecule has 1 aliphatic heterocycles. The van der Waals surface area contributed by atoms with E-state index in [0.717, 1.165) is 21.9 Å². The van der Waals surface area contributed by atoms with Crippen LogP contribution in [-0.4, -0.2) is 20.9 Å². The summed E-state index contributed by atoms with van der Waals surface area (Å²) in [5.74, 6) is -1.04. The molecule has 0 aromatic heterocycles. The van der Waals surface area contributed by atoms with E-state index in [9.17, 15) is 17.6 Å². The lowest BCUT2D eigenvalue weighted by atomic mass is 9.99. The second kappa shape index (κ2) is 7.33. The van der Waals surface area contributed by atoms with Crippen LogP contribution in [0.3, 0.4) is 0 Å². The van der Waals surface area contributed by atoms with Gasteiger partial charge in [-0.25, -0.2) is 12.8 Å². The average molecular weight is 410 g/mol. The first-order valence-electron chi connectivity index (χ1n) is 9.20. The molecule has 7 heteroatoms. The van der Waals surface area contributed by atoms with Crippen molar-refractivity contribution < 1.29 is 17.6 Å². The number of halogens is 1. The van der Waals surface area contributed by atoms with Crippen molar-refractivity contribution in [3.05, 3.63) is 78.1 Å². The number of carbonyl (C=O) groups is 1. The van der Waals surface area contributed by atoms with Crippen molar-refractivity contribution in [3.63, 3.8) is 0 Å². The van der Waals surface area contributed by atoms with Gasteiger partial charge in [0.05, 0.1) is 10.6 Å². The Hall–Kier alpha value is -3.19. The zero-order chi connectivity index (χ0) is 20.6. The molecule has 148 valence electrons. The van der Waals surface area contributed by atoms with Gasteiger partial charge < -0.3 is 5.32 Å². The molecule has 1 aliphatic rings. The minimum Gasteiger partial charge on any atom is -0.324 e. The average Bonchev–Trinajstić information content (AvgIpc) is 2.71. The third-order valence-corrected chi connectivity index (χ3v) is 6.70. The molecule has 3 aromatic rings. The standard InChI is InChI=1S/C22H19FN2O3S/c1-2-15-10-11-20-19(12-15)18-8-3-4-9-21(18)29(27,28)25(20)14-22(26)24-17-7-5-6-16(23)13-17/h3-13H,2,14H2,1H3,(H,24,26). The highest BCUT2D eigenvalue weighted by molar-refractivity contribution is 7.93. The third kappa shape index (κ3) is 3.49. The van der Waals surface area contributed by atoms with Gasteiger partial charge in [0.15, 0.2) is 0 Å². The number of carbonyl (C=O) groups excluding carboxylic acids is 1. The van der Waals surface area contributed by atoms with E-state index in [1.807, 2.05) is 19.1 Å². The number of rotatable bonds is 4. The summed E-state index contributed by atoms with van der Waals surface area (Å²) in [6, 6.07) is 17.8. The molecule has 0 atom stereocenters. The zero-order valence-electron chi connectivity index (χ0n) is 15.7. The highest BCUT2D eigenvalue weighted by atomic mass is 32.2. The fourth-order valence-electron chi connectivity index (χ4n) is 3.47. The minimum absolute atomic E-state index is 0.166. The summed E-state index contributed by atoms with van der Waals surface area (Å²) in [6.07, 6.45) is 0.808. The second-order valence-corrected chi connectivity index (χ2v) is 8.60. The minimum atomic E-state index is -3.91. The van der Waals surface area contributed by atoms with Crippen molar-refractivity contribution in [2.45, 2.75) is 18.2 Å². The number of aryl methyl sites for hydroxylation is 1. The maximum Gasteiger partial charge on any atom is 0.265 e. The molecule has 1 N–H and O–H groups in total. The van der Waals surface area contributed by atoms with Crippen LogP contribution in [0.25, 0.3) is 11.1 Å². The van der Waals surface area contributed by atoms with Crippen LogP contribution >= 0.6 is 0 Å². The van der Waals surface area contributed by atoms with Gasteiger partial charge in [-0.05, 0) is 48.4 Å². The molecule has 1 heterocycles. The molecule has 1 amide bonds. The van der Waals surface area contributed by atoms with E-state index >= 15 is 0 Å². The van der Waals surface area contributed by atoms with Crippen LogP contribution in [0.15, 0.2) is 71.6 Å². The molecular formula is C22H19FN2O3S. The first kappa shape index (κ1) is 19.1. The Morgan fingerprint density at radius 3 is 2.55 bits per heavy atom. The number of hydrogen-bond acceptors (Lipinski definition) is 3. The second-order valence-electron chi connectivity index (χ2n) is 6.77. The van der Waals surface area contributed by atoms with Crippen LogP contribution in [-0.2, 0) is 21.2 Å². The highest BCUT2D eigenvalue weighted by Gasteiger charge is 2.35. The van der Waals surface area contributed by atoms with Crippen LogP contribution < -0.4 is 9.62 Å². The predicted octanol–water partition coefficient (Wildman–Crippen LogP) is 4.20. The van der Waals surface area contributed by atoms with Crippen LogP contribution in [0.4, 0.5) is 15.8 Å². The lowest BCUT2D eigenvalue weighted by Gasteiger charge is -2.32. The lowest BCUT2D eigenvalue weighted by molar-refractivity contribution is -0.114. The molecule has 5 nitrogen and oxygen atoms in total. The van der Waals surface area contributed by atoms with Crippen molar-refractivity contribution in [1.29, 1.82) is 0 Å². The first-order chi connectivity index (χ1) is 13.9. The molecule has 3 aromatic carbocycles. The monoisotopic (exact) mass is 410 g/mol. The van der Waals surface area contributed by atoms with Gasteiger partial charge in [0, 0.05) is 16.8 Å². The number of nitrogens with one attached hydrogen (secondary N) is 1. The zero-order valence-corrected chi connectivity index (χ0v) is 16.5. The fourth-order valence-corrected chi connectivity index (χ4v) is 5.12. The van der Waals surface area contributed by atoms with E-state index in [-0.39, 0.29) is 10.6 Å². The highest BCUT2D eigenvalue weighted by Crippen LogP contribution is 2.43. The van der Waals surface area contributed by atoms with E-state index < -0.39 is 28.3 Å². The van der Waals surface area contributed by atoms with Gasteiger partial charge in [-0.3, -0.25) is 9.10 Å². The van der Waals surface area contributed by atoms with E-state index in [4.69, 9.17) is 0 Å². The molecule has 0 radical (unpaired) electrons. The third-order valence-electron chi connectivity index (χ3n) is 4.88. The number of benzene rings is 3. The summed E-state index contributed by atoms with van der Waals surface area (Å²) in [7, 11) is -3.91. The summed E-state index contributed by atoms with van der Waals surface area (Å²) >= 11 is 0. The van der Waals surface area contributed by atoms with Crippen LogP contribution in [0.2, 0.25) is 0 Å². The molecule has 29 heavy (non-hydrogen) atoms. The summed E-state index contributed by atoms with van der Waals surface area (Å²) in [5, 5.41) is 2.56. The Labute approximate surface area is 168 Å². The molecule has 0 bridgehead atoms. The van der Waals surface area contributed by atoms with Crippen molar-refractivity contribution >= 4 is 27.3 Å². The molecule has 0 saturated heterocycles. The Balaban J connectivity index is 1.74. The van der Waals surface area contributed by atoms with Crippen LogP contribution in [0, 0.1) is 5.82 Å².